The van der Waals surface area contributed by atoms with Crippen molar-refractivity contribution in [1.82, 2.24) is 9.78 Å². The van der Waals surface area contributed by atoms with Gasteiger partial charge in [-0.3, -0.25) is 4.79 Å². The summed E-state index contributed by atoms with van der Waals surface area (Å²) in [6.07, 6.45) is 2.60. The minimum Gasteiger partial charge on any atom is -0.322 e. The van der Waals surface area contributed by atoms with Crippen LogP contribution in [0.25, 0.3) is 16.9 Å². The predicted molar refractivity (Wildman–Crippen MR) is 113 cm³/mol. The van der Waals surface area contributed by atoms with Crippen LogP contribution in [0.4, 0.5) is 5.69 Å². The zero-order valence-corrected chi connectivity index (χ0v) is 15.7. The number of para-hydroxylation sites is 1. The second-order valence-corrected chi connectivity index (χ2v) is 6.52. The Hall–Kier alpha value is -3.66. The van der Waals surface area contributed by atoms with Crippen LogP contribution in [-0.4, -0.2) is 15.7 Å². The van der Waals surface area contributed by atoms with Crippen molar-refractivity contribution in [2.45, 2.75) is 13.3 Å². The topological polar surface area (TPSA) is 46.9 Å². The first-order chi connectivity index (χ1) is 13.8. The van der Waals surface area contributed by atoms with E-state index in [1.807, 2.05) is 89.6 Å². The monoisotopic (exact) mass is 367 g/mol. The maximum absolute atomic E-state index is 13.0. The Kier molecular flexibility index (Phi) is 5.02. The Labute approximate surface area is 164 Å². The van der Waals surface area contributed by atoms with Gasteiger partial charge in [-0.1, -0.05) is 67.6 Å². The molecular formula is C24H21N3O. The van der Waals surface area contributed by atoms with Gasteiger partial charge < -0.3 is 5.32 Å². The Morgan fingerprint density at radius 3 is 2.18 bits per heavy atom. The molecule has 1 aromatic heterocycles. The lowest BCUT2D eigenvalue weighted by Crippen LogP contribution is -2.13. The summed E-state index contributed by atoms with van der Waals surface area (Å²) in [7, 11) is 0. The number of aromatic nitrogens is 2. The first-order valence-electron chi connectivity index (χ1n) is 9.35. The molecule has 0 saturated carbocycles. The lowest BCUT2D eigenvalue weighted by Gasteiger charge is -2.11. The standard InChI is InChI=1S/C24H21N3O/c1-2-18-13-15-20(16-14-18)26-24(28)22-17-25-27(21-11-7-4-8-12-21)23(22)19-9-5-3-6-10-19/h3-17H,2H2,1H3,(H,26,28). The number of rotatable bonds is 5. The molecule has 0 saturated heterocycles. The SMILES string of the molecule is CCc1ccc(NC(=O)c2cnn(-c3ccccc3)c2-c2ccccc2)cc1. The van der Waals surface area contributed by atoms with E-state index in [4.69, 9.17) is 0 Å². The average Bonchev–Trinajstić information content (AvgIpc) is 3.21. The van der Waals surface area contributed by atoms with Crippen LogP contribution in [0.15, 0.2) is 91.1 Å². The molecule has 4 rings (SSSR count). The molecule has 0 unspecified atom stereocenters. The molecule has 4 heteroatoms. The highest BCUT2D eigenvalue weighted by Crippen LogP contribution is 2.27. The van der Waals surface area contributed by atoms with Crippen LogP contribution in [0.1, 0.15) is 22.8 Å². The van der Waals surface area contributed by atoms with Crippen LogP contribution in [0, 0.1) is 0 Å². The van der Waals surface area contributed by atoms with E-state index in [0.29, 0.717) is 5.56 Å². The van der Waals surface area contributed by atoms with Gasteiger partial charge in [-0.15, -0.1) is 0 Å². The highest BCUT2D eigenvalue weighted by Gasteiger charge is 2.20. The first-order valence-corrected chi connectivity index (χ1v) is 9.35. The summed E-state index contributed by atoms with van der Waals surface area (Å²) in [4.78, 5) is 13.0. The predicted octanol–water partition coefficient (Wildman–Crippen LogP) is 5.35. The van der Waals surface area contributed by atoms with Gasteiger partial charge in [-0.05, 0) is 36.2 Å². The molecular weight excluding hydrogens is 346 g/mol. The van der Waals surface area contributed by atoms with Gasteiger partial charge in [0.25, 0.3) is 5.91 Å². The molecule has 28 heavy (non-hydrogen) atoms. The molecule has 1 heterocycles. The summed E-state index contributed by atoms with van der Waals surface area (Å²) in [5.74, 6) is -0.176. The number of anilines is 1. The second kappa shape index (κ2) is 7.92. The number of benzene rings is 3. The number of hydrogen-bond acceptors (Lipinski definition) is 2. The minimum absolute atomic E-state index is 0.176. The third kappa shape index (κ3) is 3.58. The lowest BCUT2D eigenvalue weighted by molar-refractivity contribution is 0.102. The van der Waals surface area contributed by atoms with Gasteiger partial charge in [-0.25, -0.2) is 4.68 Å². The summed E-state index contributed by atoms with van der Waals surface area (Å²) < 4.78 is 1.81. The van der Waals surface area contributed by atoms with Gasteiger partial charge in [0, 0.05) is 11.3 Å². The van der Waals surface area contributed by atoms with E-state index in [0.717, 1.165) is 29.1 Å². The summed E-state index contributed by atoms with van der Waals surface area (Å²) in [6.45, 7) is 2.11. The average molecular weight is 367 g/mol. The van der Waals surface area contributed by atoms with Crippen molar-refractivity contribution < 1.29 is 4.79 Å². The van der Waals surface area contributed by atoms with Crippen LogP contribution < -0.4 is 5.32 Å². The minimum atomic E-state index is -0.176. The van der Waals surface area contributed by atoms with Crippen LogP contribution in [0.3, 0.4) is 0 Å². The smallest absolute Gasteiger partial charge is 0.259 e. The lowest BCUT2D eigenvalue weighted by atomic mass is 10.1. The fraction of sp³-hybridized carbons (Fsp3) is 0.0833. The normalized spacial score (nSPS) is 10.6. The number of hydrogen-bond donors (Lipinski definition) is 1. The zero-order valence-electron chi connectivity index (χ0n) is 15.7. The Bertz CT molecular complexity index is 1070. The number of amides is 1. The molecule has 1 N–H and O–H groups in total. The van der Waals surface area contributed by atoms with E-state index < -0.39 is 0 Å². The van der Waals surface area contributed by atoms with Crippen LogP contribution in [0.2, 0.25) is 0 Å². The molecule has 0 spiro atoms. The molecule has 0 bridgehead atoms. The van der Waals surface area contributed by atoms with Crippen molar-refractivity contribution in [3.8, 4) is 16.9 Å². The van der Waals surface area contributed by atoms with Crippen molar-refractivity contribution in [1.29, 1.82) is 0 Å². The van der Waals surface area contributed by atoms with Gasteiger partial charge >= 0.3 is 0 Å². The third-order valence-electron chi connectivity index (χ3n) is 4.68. The van der Waals surface area contributed by atoms with E-state index >= 15 is 0 Å². The van der Waals surface area contributed by atoms with Gasteiger partial charge in [0.05, 0.1) is 23.1 Å². The van der Waals surface area contributed by atoms with E-state index in [1.165, 1.54) is 5.56 Å². The molecule has 0 atom stereocenters. The first kappa shape index (κ1) is 17.7. The van der Waals surface area contributed by atoms with Crippen molar-refractivity contribution in [3.05, 3.63) is 102 Å². The number of nitrogens with one attached hydrogen (secondary N) is 1. The third-order valence-corrected chi connectivity index (χ3v) is 4.68. The molecule has 1 amide bonds. The maximum atomic E-state index is 13.0. The highest BCUT2D eigenvalue weighted by atomic mass is 16.1. The van der Waals surface area contributed by atoms with Crippen LogP contribution in [-0.2, 0) is 6.42 Å². The van der Waals surface area contributed by atoms with E-state index in [1.54, 1.807) is 6.20 Å². The fourth-order valence-corrected chi connectivity index (χ4v) is 3.18. The molecule has 0 aliphatic heterocycles. The van der Waals surface area contributed by atoms with E-state index in [2.05, 4.69) is 17.3 Å². The molecule has 0 aliphatic rings. The van der Waals surface area contributed by atoms with Crippen molar-refractivity contribution in [2.75, 3.05) is 5.32 Å². The summed E-state index contributed by atoms with van der Waals surface area (Å²) in [5, 5.41) is 7.50. The number of carbonyl (C=O) groups is 1. The molecule has 0 aliphatic carbocycles. The van der Waals surface area contributed by atoms with Gasteiger partial charge in [0.2, 0.25) is 0 Å². The molecule has 4 aromatic rings. The number of nitrogens with zero attached hydrogens (tertiary/aromatic N) is 2. The summed E-state index contributed by atoms with van der Waals surface area (Å²) in [6, 6.07) is 27.6. The molecule has 0 fully saturated rings. The highest BCUT2D eigenvalue weighted by molar-refractivity contribution is 6.08. The number of carbonyl (C=O) groups excluding carboxylic acids is 1. The summed E-state index contributed by atoms with van der Waals surface area (Å²) >= 11 is 0. The van der Waals surface area contributed by atoms with Gasteiger partial charge in [-0.2, -0.15) is 5.10 Å². The van der Waals surface area contributed by atoms with Crippen LogP contribution in [0.5, 0.6) is 0 Å². The van der Waals surface area contributed by atoms with Gasteiger partial charge in [0.1, 0.15) is 0 Å². The second-order valence-electron chi connectivity index (χ2n) is 6.52. The Morgan fingerprint density at radius 2 is 1.54 bits per heavy atom. The van der Waals surface area contributed by atoms with Crippen molar-refractivity contribution >= 4 is 11.6 Å². The van der Waals surface area contributed by atoms with Crippen LogP contribution >= 0.6 is 0 Å². The van der Waals surface area contributed by atoms with Crippen molar-refractivity contribution in [2.24, 2.45) is 0 Å². The molecule has 138 valence electrons. The van der Waals surface area contributed by atoms with Gasteiger partial charge in [0.15, 0.2) is 0 Å². The zero-order chi connectivity index (χ0) is 19.3. The largest absolute Gasteiger partial charge is 0.322 e. The van der Waals surface area contributed by atoms with E-state index in [-0.39, 0.29) is 5.91 Å². The quantitative estimate of drug-likeness (QED) is 0.516. The Morgan fingerprint density at radius 1 is 0.893 bits per heavy atom. The molecule has 3 aromatic carbocycles. The fourth-order valence-electron chi connectivity index (χ4n) is 3.18. The van der Waals surface area contributed by atoms with E-state index in [9.17, 15) is 4.79 Å². The molecule has 4 nitrogen and oxygen atoms in total. The maximum Gasteiger partial charge on any atom is 0.259 e. The number of aryl methyl sites for hydroxylation is 1. The summed E-state index contributed by atoms with van der Waals surface area (Å²) in [5.41, 5.74) is 5.17. The Balaban J connectivity index is 1.74. The van der Waals surface area contributed by atoms with Crippen molar-refractivity contribution in [3.63, 3.8) is 0 Å². The molecule has 0 radical (unpaired) electrons.